The Morgan fingerprint density at radius 1 is 1.41 bits per heavy atom. The van der Waals surface area contributed by atoms with Gasteiger partial charge in [0.25, 0.3) is 0 Å². The minimum atomic E-state index is -0.421. The van der Waals surface area contributed by atoms with E-state index in [2.05, 4.69) is 11.4 Å². The van der Waals surface area contributed by atoms with Crippen LogP contribution >= 0.6 is 0 Å². The number of nitrogens with one attached hydrogen (secondary N) is 1. The molecule has 0 heterocycles. The Morgan fingerprint density at radius 2 is 2.00 bits per heavy atom. The van der Waals surface area contributed by atoms with E-state index in [0.29, 0.717) is 18.7 Å². The molecule has 1 rings (SSSR count). The van der Waals surface area contributed by atoms with Crippen LogP contribution in [-0.2, 0) is 6.54 Å². The standard InChI is InChI=1S/C13H17N3O/c1-13(2,8-14)9-16-7-10-3-5-11(6-4-10)12(15)17/h3-6,16H,7,9H2,1-2H3,(H2,15,17). The van der Waals surface area contributed by atoms with Crippen molar-refractivity contribution in [3.05, 3.63) is 35.4 Å². The molecule has 1 aromatic rings. The maximum Gasteiger partial charge on any atom is 0.248 e. The number of nitrogens with two attached hydrogens (primary N) is 1. The summed E-state index contributed by atoms with van der Waals surface area (Å²) in [5.41, 5.74) is 6.35. The Labute approximate surface area is 101 Å². The molecule has 0 saturated carbocycles. The Hall–Kier alpha value is -1.86. The zero-order chi connectivity index (χ0) is 12.9. The maximum atomic E-state index is 10.9. The van der Waals surface area contributed by atoms with Crippen molar-refractivity contribution < 1.29 is 4.79 Å². The van der Waals surface area contributed by atoms with Crippen molar-refractivity contribution >= 4 is 5.91 Å². The average Bonchev–Trinajstić information content (AvgIpc) is 2.29. The number of nitriles is 1. The second-order valence-corrected chi connectivity index (χ2v) is 4.66. The zero-order valence-electron chi connectivity index (χ0n) is 10.2. The van der Waals surface area contributed by atoms with Crippen molar-refractivity contribution in [2.45, 2.75) is 20.4 Å². The third-order valence-electron chi connectivity index (χ3n) is 2.44. The van der Waals surface area contributed by atoms with Gasteiger partial charge < -0.3 is 11.1 Å². The highest BCUT2D eigenvalue weighted by molar-refractivity contribution is 5.92. The topological polar surface area (TPSA) is 78.9 Å². The van der Waals surface area contributed by atoms with Crippen LogP contribution in [0.25, 0.3) is 0 Å². The van der Waals surface area contributed by atoms with Crippen molar-refractivity contribution in [2.75, 3.05) is 6.54 Å². The second-order valence-electron chi connectivity index (χ2n) is 4.66. The normalized spacial score (nSPS) is 10.9. The van der Waals surface area contributed by atoms with Gasteiger partial charge in [-0.2, -0.15) is 5.26 Å². The molecule has 1 aromatic carbocycles. The van der Waals surface area contributed by atoms with Crippen LogP contribution in [0, 0.1) is 16.7 Å². The predicted molar refractivity (Wildman–Crippen MR) is 66.1 cm³/mol. The van der Waals surface area contributed by atoms with Crippen LogP contribution in [0.5, 0.6) is 0 Å². The van der Waals surface area contributed by atoms with Crippen LogP contribution in [-0.4, -0.2) is 12.5 Å². The van der Waals surface area contributed by atoms with Crippen molar-refractivity contribution in [3.63, 3.8) is 0 Å². The molecule has 0 radical (unpaired) electrons. The summed E-state index contributed by atoms with van der Waals surface area (Å²) in [5.74, 6) is -0.421. The SMILES string of the molecule is CC(C)(C#N)CNCc1ccc(C(N)=O)cc1. The van der Waals surface area contributed by atoms with Crippen LogP contribution in [0.2, 0.25) is 0 Å². The van der Waals surface area contributed by atoms with Crippen LogP contribution in [0.3, 0.4) is 0 Å². The molecule has 0 bridgehead atoms. The third kappa shape index (κ3) is 4.25. The van der Waals surface area contributed by atoms with E-state index in [0.717, 1.165) is 5.56 Å². The lowest BCUT2D eigenvalue weighted by molar-refractivity contribution is 0.100. The van der Waals surface area contributed by atoms with Gasteiger partial charge in [0.2, 0.25) is 5.91 Å². The van der Waals surface area contributed by atoms with Crippen LogP contribution in [0.1, 0.15) is 29.8 Å². The number of carbonyl (C=O) groups excluding carboxylic acids is 1. The number of amides is 1. The summed E-state index contributed by atoms with van der Waals surface area (Å²) < 4.78 is 0. The summed E-state index contributed by atoms with van der Waals surface area (Å²) in [6.45, 7) is 5.07. The van der Waals surface area contributed by atoms with E-state index >= 15 is 0 Å². The van der Waals surface area contributed by atoms with E-state index in [1.54, 1.807) is 12.1 Å². The first-order valence-electron chi connectivity index (χ1n) is 5.45. The molecule has 4 heteroatoms. The van der Waals surface area contributed by atoms with Gasteiger partial charge in [-0.25, -0.2) is 0 Å². The fourth-order valence-corrected chi connectivity index (χ4v) is 1.35. The Morgan fingerprint density at radius 3 is 2.47 bits per heavy atom. The molecule has 1 amide bonds. The van der Waals surface area contributed by atoms with Gasteiger partial charge >= 0.3 is 0 Å². The van der Waals surface area contributed by atoms with E-state index in [-0.39, 0.29) is 5.41 Å². The van der Waals surface area contributed by atoms with Gasteiger partial charge in [0, 0.05) is 18.7 Å². The number of nitrogens with zero attached hydrogens (tertiary/aromatic N) is 1. The molecule has 0 aliphatic carbocycles. The number of hydrogen-bond acceptors (Lipinski definition) is 3. The lowest BCUT2D eigenvalue weighted by atomic mass is 9.96. The summed E-state index contributed by atoms with van der Waals surface area (Å²) in [4.78, 5) is 10.9. The quantitative estimate of drug-likeness (QED) is 0.804. The van der Waals surface area contributed by atoms with Crippen molar-refractivity contribution in [1.29, 1.82) is 5.26 Å². The molecule has 90 valence electrons. The van der Waals surface area contributed by atoms with Gasteiger partial charge in [0.1, 0.15) is 0 Å². The summed E-state index contributed by atoms with van der Waals surface area (Å²) >= 11 is 0. The molecule has 0 aliphatic heterocycles. The minimum absolute atomic E-state index is 0.368. The molecule has 17 heavy (non-hydrogen) atoms. The fourth-order valence-electron chi connectivity index (χ4n) is 1.35. The zero-order valence-corrected chi connectivity index (χ0v) is 10.2. The van der Waals surface area contributed by atoms with E-state index in [9.17, 15) is 4.79 Å². The molecule has 0 fully saturated rings. The maximum absolute atomic E-state index is 10.9. The molecule has 0 atom stereocenters. The molecule has 0 aromatic heterocycles. The highest BCUT2D eigenvalue weighted by Gasteiger charge is 2.15. The molecular formula is C13H17N3O. The van der Waals surface area contributed by atoms with Gasteiger partial charge in [0.05, 0.1) is 11.5 Å². The van der Waals surface area contributed by atoms with Crippen molar-refractivity contribution in [1.82, 2.24) is 5.32 Å². The smallest absolute Gasteiger partial charge is 0.248 e. The summed E-state index contributed by atoms with van der Waals surface area (Å²) in [6, 6.07) is 9.34. The van der Waals surface area contributed by atoms with Crippen LogP contribution in [0.4, 0.5) is 0 Å². The Kier molecular flexibility index (Phi) is 4.24. The van der Waals surface area contributed by atoms with E-state index in [1.165, 1.54) is 0 Å². The average molecular weight is 231 g/mol. The number of rotatable bonds is 5. The highest BCUT2D eigenvalue weighted by Crippen LogP contribution is 2.11. The first-order valence-corrected chi connectivity index (χ1v) is 5.45. The molecule has 0 saturated heterocycles. The first kappa shape index (κ1) is 13.2. The third-order valence-corrected chi connectivity index (χ3v) is 2.44. The van der Waals surface area contributed by atoms with Gasteiger partial charge in [-0.3, -0.25) is 4.79 Å². The molecule has 3 N–H and O–H groups in total. The molecular weight excluding hydrogens is 214 g/mol. The second kappa shape index (κ2) is 5.46. The minimum Gasteiger partial charge on any atom is -0.366 e. The van der Waals surface area contributed by atoms with Crippen LogP contribution in [0.15, 0.2) is 24.3 Å². The molecule has 0 unspecified atom stereocenters. The summed E-state index contributed by atoms with van der Waals surface area (Å²) in [6.07, 6.45) is 0. The monoisotopic (exact) mass is 231 g/mol. The first-order chi connectivity index (χ1) is 7.94. The van der Waals surface area contributed by atoms with E-state index < -0.39 is 5.91 Å². The predicted octanol–water partition coefficient (Wildman–Crippen LogP) is 1.42. The van der Waals surface area contributed by atoms with Gasteiger partial charge in [0.15, 0.2) is 0 Å². The van der Waals surface area contributed by atoms with Gasteiger partial charge in [-0.15, -0.1) is 0 Å². The molecule has 4 nitrogen and oxygen atoms in total. The van der Waals surface area contributed by atoms with Gasteiger partial charge in [-0.1, -0.05) is 12.1 Å². The molecule has 0 spiro atoms. The summed E-state index contributed by atoms with van der Waals surface area (Å²) in [5, 5.41) is 12.1. The number of carbonyl (C=O) groups is 1. The Bertz CT molecular complexity index is 429. The highest BCUT2D eigenvalue weighted by atomic mass is 16.1. The molecule has 0 aliphatic rings. The van der Waals surface area contributed by atoms with Crippen molar-refractivity contribution in [2.24, 2.45) is 11.1 Å². The number of benzene rings is 1. The fraction of sp³-hybridized carbons (Fsp3) is 0.385. The summed E-state index contributed by atoms with van der Waals surface area (Å²) in [7, 11) is 0. The van der Waals surface area contributed by atoms with Crippen LogP contribution < -0.4 is 11.1 Å². The number of hydrogen-bond donors (Lipinski definition) is 2. The largest absolute Gasteiger partial charge is 0.366 e. The lowest BCUT2D eigenvalue weighted by Crippen LogP contribution is -2.27. The Balaban J connectivity index is 2.49. The van der Waals surface area contributed by atoms with Gasteiger partial charge in [-0.05, 0) is 31.5 Å². The van der Waals surface area contributed by atoms with Crippen molar-refractivity contribution in [3.8, 4) is 6.07 Å². The lowest BCUT2D eigenvalue weighted by Gasteiger charge is -2.15. The van der Waals surface area contributed by atoms with E-state index in [4.69, 9.17) is 11.0 Å². The number of primary amides is 1. The van der Waals surface area contributed by atoms with E-state index in [1.807, 2.05) is 26.0 Å².